The molecular weight excluding hydrogens is 222 g/mol. The fraction of sp³-hybridized carbons (Fsp3) is 0.417. The van der Waals surface area contributed by atoms with Crippen molar-refractivity contribution in [3.05, 3.63) is 35.9 Å². The number of hydrogen-bond donors (Lipinski definition) is 1. The zero-order valence-corrected chi connectivity index (χ0v) is 9.90. The van der Waals surface area contributed by atoms with Crippen molar-refractivity contribution >= 4 is 18.7 Å². The molecule has 1 aromatic carbocycles. The molecule has 16 heavy (non-hydrogen) atoms. The van der Waals surface area contributed by atoms with Crippen LogP contribution >= 0.6 is 12.6 Å². The maximum absolute atomic E-state index is 11.4. The summed E-state index contributed by atoms with van der Waals surface area (Å²) in [7, 11) is 0. The van der Waals surface area contributed by atoms with Gasteiger partial charge in [0.05, 0.1) is 6.04 Å². The van der Waals surface area contributed by atoms with Gasteiger partial charge in [0, 0.05) is 12.3 Å². The van der Waals surface area contributed by atoms with Gasteiger partial charge in [-0.25, -0.2) is 4.79 Å². The fourth-order valence-electron chi connectivity index (χ4n) is 1.93. The quantitative estimate of drug-likeness (QED) is 0.811. The Labute approximate surface area is 101 Å². The lowest BCUT2D eigenvalue weighted by atomic mass is 10.1. The number of rotatable bonds is 4. The molecule has 0 spiro atoms. The number of cyclic esters (lactones) is 1. The van der Waals surface area contributed by atoms with Gasteiger partial charge >= 0.3 is 6.09 Å². The van der Waals surface area contributed by atoms with Crippen LogP contribution in [0.4, 0.5) is 4.79 Å². The van der Waals surface area contributed by atoms with Crippen molar-refractivity contribution in [1.29, 1.82) is 0 Å². The van der Waals surface area contributed by atoms with Gasteiger partial charge in [-0.15, -0.1) is 0 Å². The lowest BCUT2D eigenvalue weighted by molar-refractivity contribution is 0.159. The van der Waals surface area contributed by atoms with Crippen LogP contribution in [-0.2, 0) is 11.2 Å². The molecule has 0 aromatic heterocycles. The smallest absolute Gasteiger partial charge is 0.410 e. The number of carbonyl (C=O) groups is 1. The maximum atomic E-state index is 11.4. The highest BCUT2D eigenvalue weighted by Gasteiger charge is 2.31. The highest BCUT2D eigenvalue weighted by atomic mass is 32.1. The van der Waals surface area contributed by atoms with Crippen LogP contribution in [0.1, 0.15) is 5.56 Å². The summed E-state index contributed by atoms with van der Waals surface area (Å²) in [6, 6.07) is 10.3. The summed E-state index contributed by atoms with van der Waals surface area (Å²) >= 11 is 4.15. The van der Waals surface area contributed by atoms with Gasteiger partial charge in [-0.3, -0.25) is 0 Å². The van der Waals surface area contributed by atoms with Gasteiger partial charge in [-0.05, 0) is 12.0 Å². The molecule has 0 radical (unpaired) electrons. The molecule has 0 bridgehead atoms. The largest absolute Gasteiger partial charge is 0.447 e. The lowest BCUT2D eigenvalue weighted by Gasteiger charge is -2.20. The van der Waals surface area contributed by atoms with Crippen molar-refractivity contribution in [2.24, 2.45) is 0 Å². The Morgan fingerprint density at radius 3 is 2.81 bits per heavy atom. The molecule has 1 amide bonds. The summed E-state index contributed by atoms with van der Waals surface area (Å²) < 4.78 is 5.06. The van der Waals surface area contributed by atoms with Gasteiger partial charge in [0.25, 0.3) is 0 Å². The first-order valence-corrected chi connectivity index (χ1v) is 6.02. The standard InChI is InChI=1S/C12H15NO2S/c14-12-13(6-7-16)11(9-15-12)8-10-4-2-1-3-5-10/h1-5,11,16H,6-9H2/t11-/m0/s1. The summed E-state index contributed by atoms with van der Waals surface area (Å²) in [5.74, 6) is 0.667. The molecule has 1 atom stereocenters. The zero-order valence-electron chi connectivity index (χ0n) is 9.00. The number of hydrogen-bond acceptors (Lipinski definition) is 3. The Kier molecular flexibility index (Phi) is 3.72. The first-order chi connectivity index (χ1) is 7.81. The van der Waals surface area contributed by atoms with Crippen LogP contribution < -0.4 is 0 Å². The lowest BCUT2D eigenvalue weighted by Crippen LogP contribution is -2.36. The molecule has 4 heteroatoms. The SMILES string of the molecule is O=C1OC[C@H](Cc2ccccc2)N1CCS. The normalized spacial score (nSPS) is 19.9. The minimum Gasteiger partial charge on any atom is -0.447 e. The Hall–Kier alpha value is -1.16. The molecule has 3 nitrogen and oxygen atoms in total. The highest BCUT2D eigenvalue weighted by molar-refractivity contribution is 7.80. The number of carbonyl (C=O) groups excluding carboxylic acids is 1. The Balaban J connectivity index is 2.01. The van der Waals surface area contributed by atoms with Crippen molar-refractivity contribution in [3.63, 3.8) is 0 Å². The fourth-order valence-corrected chi connectivity index (χ4v) is 2.14. The second kappa shape index (κ2) is 5.25. The third kappa shape index (κ3) is 2.50. The monoisotopic (exact) mass is 237 g/mol. The molecule has 0 N–H and O–H groups in total. The van der Waals surface area contributed by atoms with Crippen LogP contribution in [0.5, 0.6) is 0 Å². The van der Waals surface area contributed by atoms with Crippen molar-refractivity contribution in [3.8, 4) is 0 Å². The Morgan fingerprint density at radius 2 is 2.12 bits per heavy atom. The minimum atomic E-state index is -0.213. The van der Waals surface area contributed by atoms with E-state index < -0.39 is 0 Å². The van der Waals surface area contributed by atoms with Crippen LogP contribution in [0.3, 0.4) is 0 Å². The van der Waals surface area contributed by atoms with Crippen LogP contribution in [0.2, 0.25) is 0 Å². The molecule has 0 saturated carbocycles. The molecule has 0 aliphatic carbocycles. The predicted octanol–water partition coefficient (Wildman–Crippen LogP) is 1.98. The summed E-state index contributed by atoms with van der Waals surface area (Å²) in [6.45, 7) is 1.14. The van der Waals surface area contributed by atoms with E-state index in [9.17, 15) is 4.79 Å². The van der Waals surface area contributed by atoms with Crippen LogP contribution in [0.15, 0.2) is 30.3 Å². The summed E-state index contributed by atoms with van der Waals surface area (Å²) in [4.78, 5) is 13.2. The van der Waals surface area contributed by atoms with E-state index >= 15 is 0 Å². The Morgan fingerprint density at radius 1 is 1.38 bits per heavy atom. The van der Waals surface area contributed by atoms with E-state index in [1.807, 2.05) is 18.2 Å². The molecule has 86 valence electrons. The van der Waals surface area contributed by atoms with E-state index in [1.54, 1.807) is 4.90 Å². The number of amides is 1. The minimum absolute atomic E-state index is 0.155. The van der Waals surface area contributed by atoms with E-state index in [1.165, 1.54) is 5.56 Å². The Bertz CT molecular complexity index is 355. The van der Waals surface area contributed by atoms with E-state index in [-0.39, 0.29) is 12.1 Å². The number of benzene rings is 1. The highest BCUT2D eigenvalue weighted by Crippen LogP contribution is 2.16. The summed E-state index contributed by atoms with van der Waals surface area (Å²) in [6.07, 6.45) is 0.635. The van der Waals surface area contributed by atoms with Gasteiger partial charge in [0.1, 0.15) is 6.61 Å². The van der Waals surface area contributed by atoms with Crippen molar-refractivity contribution in [2.45, 2.75) is 12.5 Å². The first kappa shape index (κ1) is 11.3. The van der Waals surface area contributed by atoms with Gasteiger partial charge in [0.2, 0.25) is 0 Å². The average molecular weight is 237 g/mol. The third-order valence-corrected chi connectivity index (χ3v) is 2.93. The van der Waals surface area contributed by atoms with Crippen LogP contribution in [0.25, 0.3) is 0 Å². The topological polar surface area (TPSA) is 29.5 Å². The molecule has 1 saturated heterocycles. The van der Waals surface area contributed by atoms with Gasteiger partial charge in [0.15, 0.2) is 0 Å². The summed E-state index contributed by atoms with van der Waals surface area (Å²) in [5, 5.41) is 0. The molecule has 2 rings (SSSR count). The third-order valence-electron chi connectivity index (χ3n) is 2.73. The zero-order chi connectivity index (χ0) is 11.4. The van der Waals surface area contributed by atoms with Crippen molar-refractivity contribution in [2.75, 3.05) is 18.9 Å². The maximum Gasteiger partial charge on any atom is 0.410 e. The van der Waals surface area contributed by atoms with E-state index in [4.69, 9.17) is 4.74 Å². The second-order valence-electron chi connectivity index (χ2n) is 3.84. The molecule has 1 fully saturated rings. The molecule has 1 aliphatic heterocycles. The number of thiol groups is 1. The van der Waals surface area contributed by atoms with Gasteiger partial charge in [-0.1, -0.05) is 30.3 Å². The van der Waals surface area contributed by atoms with E-state index in [0.29, 0.717) is 18.9 Å². The number of ether oxygens (including phenoxy) is 1. The van der Waals surface area contributed by atoms with Gasteiger partial charge < -0.3 is 9.64 Å². The van der Waals surface area contributed by atoms with Gasteiger partial charge in [-0.2, -0.15) is 12.6 Å². The molecule has 1 aliphatic rings. The number of nitrogens with zero attached hydrogens (tertiary/aromatic N) is 1. The molecular formula is C12H15NO2S. The molecule has 1 aromatic rings. The van der Waals surface area contributed by atoms with E-state index in [0.717, 1.165) is 6.42 Å². The van der Waals surface area contributed by atoms with Crippen LogP contribution in [-0.4, -0.2) is 35.9 Å². The average Bonchev–Trinajstić information content (AvgIpc) is 2.64. The second-order valence-corrected chi connectivity index (χ2v) is 4.28. The molecule has 0 unspecified atom stereocenters. The van der Waals surface area contributed by atoms with Crippen molar-refractivity contribution < 1.29 is 9.53 Å². The first-order valence-electron chi connectivity index (χ1n) is 5.39. The molecule has 1 heterocycles. The van der Waals surface area contributed by atoms with Crippen LogP contribution in [0, 0.1) is 0 Å². The summed E-state index contributed by atoms with van der Waals surface area (Å²) in [5.41, 5.74) is 1.23. The predicted molar refractivity (Wildman–Crippen MR) is 65.8 cm³/mol. The van der Waals surface area contributed by atoms with E-state index in [2.05, 4.69) is 24.8 Å². The van der Waals surface area contributed by atoms with Crippen molar-refractivity contribution in [1.82, 2.24) is 4.90 Å².